The van der Waals surface area contributed by atoms with Gasteiger partial charge in [-0.25, -0.2) is 18.0 Å². The Morgan fingerprint density at radius 2 is 1.71 bits per heavy atom. The summed E-state index contributed by atoms with van der Waals surface area (Å²) in [5, 5.41) is 8.82. The first kappa shape index (κ1) is 13.3. The second-order valence-electron chi connectivity index (χ2n) is 3.52. The monoisotopic (exact) mass is 244 g/mol. The summed E-state index contributed by atoms with van der Waals surface area (Å²) >= 11 is 0. The Labute approximate surface area is 96.4 Å². The van der Waals surface area contributed by atoms with E-state index in [4.69, 9.17) is 5.11 Å². The number of hydrogen-bond donors (Lipinski definition) is 1. The van der Waals surface area contributed by atoms with Gasteiger partial charge in [0.1, 0.15) is 0 Å². The van der Waals surface area contributed by atoms with Crippen molar-refractivity contribution in [1.29, 1.82) is 0 Å². The molecule has 5 heteroatoms. The van der Waals surface area contributed by atoms with E-state index in [1.165, 1.54) is 6.92 Å². The van der Waals surface area contributed by atoms with Gasteiger partial charge in [0, 0.05) is 5.57 Å². The van der Waals surface area contributed by atoms with E-state index < -0.39 is 23.4 Å². The van der Waals surface area contributed by atoms with Crippen molar-refractivity contribution in [3.05, 3.63) is 40.7 Å². The molecule has 0 saturated heterocycles. The lowest BCUT2D eigenvalue weighted by atomic mass is 9.98. The topological polar surface area (TPSA) is 37.3 Å². The summed E-state index contributed by atoms with van der Waals surface area (Å²) in [5.41, 5.74) is 0.303. The number of carboxylic acid groups (broad SMARTS) is 1. The molecule has 1 aromatic carbocycles. The minimum atomic E-state index is -1.56. The highest BCUT2D eigenvalue weighted by atomic mass is 19.2. The summed E-state index contributed by atoms with van der Waals surface area (Å²) in [6.45, 7) is 2.99. The van der Waals surface area contributed by atoms with Gasteiger partial charge >= 0.3 is 5.97 Å². The highest BCUT2D eigenvalue weighted by Crippen LogP contribution is 2.25. The van der Waals surface area contributed by atoms with Crippen LogP contribution in [0.5, 0.6) is 0 Å². The predicted octanol–water partition coefficient (Wildman–Crippen LogP) is 3.37. The molecule has 1 N–H and O–H groups in total. The van der Waals surface area contributed by atoms with E-state index in [0.29, 0.717) is 0 Å². The second kappa shape index (κ2) is 5.03. The standard InChI is InChI=1S/C12H11F3O2/c1-3-8(6(2)12(16)17)7-4-9(13)11(15)10(14)5-7/h4-5H,3H2,1-2H3,(H,16,17). The lowest BCUT2D eigenvalue weighted by molar-refractivity contribution is -0.132. The zero-order valence-electron chi connectivity index (χ0n) is 9.35. The molecule has 92 valence electrons. The molecule has 17 heavy (non-hydrogen) atoms. The lowest BCUT2D eigenvalue weighted by Crippen LogP contribution is -2.02. The fourth-order valence-electron chi connectivity index (χ4n) is 1.54. The summed E-state index contributed by atoms with van der Waals surface area (Å²) in [6.07, 6.45) is 0.280. The van der Waals surface area contributed by atoms with Crippen molar-refractivity contribution in [2.24, 2.45) is 0 Å². The third-order valence-electron chi connectivity index (χ3n) is 2.46. The molecule has 0 aliphatic rings. The Kier molecular flexibility index (Phi) is 3.93. The predicted molar refractivity (Wildman–Crippen MR) is 56.8 cm³/mol. The molecule has 0 aromatic heterocycles. The van der Waals surface area contributed by atoms with E-state index in [0.717, 1.165) is 12.1 Å². The smallest absolute Gasteiger partial charge is 0.331 e. The molecule has 2 nitrogen and oxygen atoms in total. The second-order valence-corrected chi connectivity index (χ2v) is 3.52. The van der Waals surface area contributed by atoms with Gasteiger partial charge in [0.05, 0.1) is 0 Å². The van der Waals surface area contributed by atoms with E-state index in [-0.39, 0.29) is 23.1 Å². The van der Waals surface area contributed by atoms with Gasteiger partial charge in [-0.2, -0.15) is 0 Å². The summed E-state index contributed by atoms with van der Waals surface area (Å²) in [5.74, 6) is -5.39. The van der Waals surface area contributed by atoms with Crippen LogP contribution < -0.4 is 0 Å². The maximum atomic E-state index is 13.0. The first-order valence-electron chi connectivity index (χ1n) is 4.96. The van der Waals surface area contributed by atoms with Gasteiger partial charge < -0.3 is 5.11 Å². The van der Waals surface area contributed by atoms with Crippen LogP contribution in [0.3, 0.4) is 0 Å². The third-order valence-corrected chi connectivity index (χ3v) is 2.46. The SMILES string of the molecule is CCC(=C(C)C(=O)O)c1cc(F)c(F)c(F)c1. The Balaban J connectivity index is 3.42. The minimum absolute atomic E-state index is 0.0158. The number of allylic oxidation sites excluding steroid dienone is 1. The zero-order chi connectivity index (χ0) is 13.2. The normalized spacial score (nSPS) is 12.3. The van der Waals surface area contributed by atoms with Crippen LogP contribution in [0.25, 0.3) is 5.57 Å². The molecule has 0 aliphatic carbocycles. The van der Waals surface area contributed by atoms with Gasteiger partial charge in [-0.3, -0.25) is 0 Å². The number of hydrogen-bond acceptors (Lipinski definition) is 1. The molecule has 0 unspecified atom stereocenters. The maximum absolute atomic E-state index is 13.0. The molecule has 0 heterocycles. The van der Waals surface area contributed by atoms with Crippen LogP contribution in [0.1, 0.15) is 25.8 Å². The summed E-state index contributed by atoms with van der Waals surface area (Å²) in [6, 6.07) is 1.59. The average molecular weight is 244 g/mol. The van der Waals surface area contributed by atoms with Crippen molar-refractivity contribution in [1.82, 2.24) is 0 Å². The first-order chi connectivity index (χ1) is 7.88. The van der Waals surface area contributed by atoms with Gasteiger partial charge in [-0.05, 0) is 36.6 Å². The molecule has 0 spiro atoms. The largest absolute Gasteiger partial charge is 0.478 e. The molecular weight excluding hydrogens is 233 g/mol. The zero-order valence-corrected chi connectivity index (χ0v) is 9.35. The van der Waals surface area contributed by atoms with Crippen LogP contribution in [0.4, 0.5) is 13.2 Å². The third kappa shape index (κ3) is 2.67. The maximum Gasteiger partial charge on any atom is 0.331 e. The highest BCUT2D eigenvalue weighted by molar-refractivity contribution is 5.95. The van der Waals surface area contributed by atoms with Crippen LogP contribution in [-0.4, -0.2) is 11.1 Å². The quantitative estimate of drug-likeness (QED) is 0.653. The Bertz CT molecular complexity index is 470. The fourth-order valence-corrected chi connectivity index (χ4v) is 1.54. The van der Waals surface area contributed by atoms with Crippen molar-refractivity contribution >= 4 is 11.5 Å². The molecule has 0 fully saturated rings. The number of carbonyl (C=O) groups is 1. The Morgan fingerprint density at radius 3 is 2.06 bits per heavy atom. The summed E-state index contributed by atoms with van der Waals surface area (Å²) in [4.78, 5) is 10.8. The average Bonchev–Trinajstić information content (AvgIpc) is 2.26. The molecule has 0 aliphatic heterocycles. The van der Waals surface area contributed by atoms with Gasteiger partial charge in [0.2, 0.25) is 0 Å². The van der Waals surface area contributed by atoms with E-state index in [2.05, 4.69) is 0 Å². The van der Waals surface area contributed by atoms with Crippen LogP contribution >= 0.6 is 0 Å². The number of aliphatic carboxylic acids is 1. The van der Waals surface area contributed by atoms with Crippen molar-refractivity contribution in [3.63, 3.8) is 0 Å². The van der Waals surface area contributed by atoms with E-state index >= 15 is 0 Å². The number of benzene rings is 1. The lowest BCUT2D eigenvalue weighted by Gasteiger charge is -2.09. The number of carboxylic acids is 1. The Hall–Kier alpha value is -1.78. The molecule has 1 rings (SSSR count). The first-order valence-corrected chi connectivity index (χ1v) is 4.96. The van der Waals surface area contributed by atoms with E-state index in [9.17, 15) is 18.0 Å². The highest BCUT2D eigenvalue weighted by Gasteiger charge is 2.15. The molecule has 0 saturated carbocycles. The van der Waals surface area contributed by atoms with E-state index in [1.807, 2.05) is 0 Å². The van der Waals surface area contributed by atoms with Gasteiger partial charge in [-0.15, -0.1) is 0 Å². The van der Waals surface area contributed by atoms with Gasteiger partial charge in [-0.1, -0.05) is 6.92 Å². The summed E-state index contributed by atoms with van der Waals surface area (Å²) in [7, 11) is 0. The van der Waals surface area contributed by atoms with Crippen LogP contribution in [0, 0.1) is 17.5 Å². The van der Waals surface area contributed by atoms with Crippen LogP contribution in [0.15, 0.2) is 17.7 Å². The van der Waals surface area contributed by atoms with Gasteiger partial charge in [0.25, 0.3) is 0 Å². The molecule has 0 bridgehead atoms. The molecule has 0 atom stereocenters. The molecule has 1 aromatic rings. The van der Waals surface area contributed by atoms with Crippen molar-refractivity contribution in [2.45, 2.75) is 20.3 Å². The summed E-state index contributed by atoms with van der Waals surface area (Å²) < 4.78 is 38.8. The van der Waals surface area contributed by atoms with Crippen LogP contribution in [0.2, 0.25) is 0 Å². The minimum Gasteiger partial charge on any atom is -0.478 e. The molecular formula is C12H11F3O2. The fraction of sp³-hybridized carbons (Fsp3) is 0.250. The van der Waals surface area contributed by atoms with Crippen LogP contribution in [-0.2, 0) is 4.79 Å². The number of rotatable bonds is 3. The van der Waals surface area contributed by atoms with Crippen molar-refractivity contribution in [2.75, 3.05) is 0 Å². The molecule has 0 radical (unpaired) electrons. The Morgan fingerprint density at radius 1 is 1.24 bits per heavy atom. The number of halogens is 3. The van der Waals surface area contributed by atoms with E-state index in [1.54, 1.807) is 6.92 Å². The van der Waals surface area contributed by atoms with Gasteiger partial charge in [0.15, 0.2) is 17.5 Å². The molecule has 0 amide bonds. The van der Waals surface area contributed by atoms with Crippen molar-refractivity contribution < 1.29 is 23.1 Å². The van der Waals surface area contributed by atoms with Crippen molar-refractivity contribution in [3.8, 4) is 0 Å².